The van der Waals surface area contributed by atoms with Crippen LogP contribution in [0.2, 0.25) is 5.02 Å². The molecule has 4 rings (SSSR count). The zero-order chi connectivity index (χ0) is 22.0. The first kappa shape index (κ1) is 20.2. The molecule has 1 N–H and O–H groups in total. The molecule has 1 aromatic heterocycles. The predicted octanol–water partition coefficient (Wildman–Crippen LogP) is 6.18. The third-order valence-corrected chi connectivity index (χ3v) is 4.92. The van der Waals surface area contributed by atoms with Crippen LogP contribution in [-0.4, -0.2) is 9.97 Å². The number of rotatable bonds is 4. The number of nitriles is 2. The molecule has 31 heavy (non-hydrogen) atoms. The van der Waals surface area contributed by atoms with E-state index in [-0.39, 0.29) is 0 Å². The number of hydrogen-bond acceptors (Lipinski definition) is 6. The summed E-state index contributed by atoms with van der Waals surface area (Å²) in [5.41, 5.74) is 4.19. The van der Waals surface area contributed by atoms with E-state index in [1.54, 1.807) is 54.6 Å². The Kier molecular flexibility index (Phi) is 5.41. The highest BCUT2D eigenvalue weighted by molar-refractivity contribution is 6.31. The number of ether oxygens (including phenoxy) is 1. The maximum atomic E-state index is 9.20. The molecule has 0 aliphatic rings. The molecule has 0 aliphatic carbocycles. The molecule has 0 spiro atoms. The summed E-state index contributed by atoms with van der Waals surface area (Å²) in [6.07, 6.45) is 0. The summed E-state index contributed by atoms with van der Waals surface area (Å²) < 4.78 is 6.22. The lowest BCUT2D eigenvalue weighted by Gasteiger charge is -2.15. The largest absolute Gasteiger partial charge is 0.438 e. The Morgan fingerprint density at radius 1 is 0.871 bits per heavy atom. The summed E-state index contributed by atoms with van der Waals surface area (Å²) in [5, 5.41) is 22.5. The molecule has 7 heteroatoms. The zero-order valence-electron chi connectivity index (χ0n) is 16.8. The number of nitrogens with one attached hydrogen (secondary N) is 1. The number of hydrogen-bond donors (Lipinski definition) is 1. The Balaban J connectivity index is 1.79. The summed E-state index contributed by atoms with van der Waals surface area (Å²) in [7, 11) is 0. The van der Waals surface area contributed by atoms with Crippen molar-refractivity contribution in [2.24, 2.45) is 0 Å². The Morgan fingerprint density at radius 3 is 2.19 bits per heavy atom. The molecule has 0 saturated carbocycles. The van der Waals surface area contributed by atoms with Crippen molar-refractivity contribution in [3.05, 3.63) is 81.9 Å². The highest BCUT2D eigenvalue weighted by Crippen LogP contribution is 2.34. The van der Waals surface area contributed by atoms with E-state index in [2.05, 4.69) is 27.4 Å². The summed E-state index contributed by atoms with van der Waals surface area (Å²) in [6, 6.07) is 20.1. The van der Waals surface area contributed by atoms with Gasteiger partial charge in [0.1, 0.15) is 5.75 Å². The van der Waals surface area contributed by atoms with Gasteiger partial charge in [0.05, 0.1) is 34.2 Å². The molecule has 0 bridgehead atoms. The van der Waals surface area contributed by atoms with Gasteiger partial charge in [-0.25, -0.2) is 4.98 Å². The van der Waals surface area contributed by atoms with Crippen molar-refractivity contribution >= 4 is 34.1 Å². The fraction of sp³-hybridized carbons (Fsp3) is 0.0833. The molecule has 0 aliphatic heterocycles. The maximum Gasteiger partial charge on any atom is 0.232 e. The number of nitrogens with zero attached hydrogens (tertiary/aromatic N) is 4. The molecule has 0 fully saturated rings. The van der Waals surface area contributed by atoms with E-state index >= 15 is 0 Å². The third kappa shape index (κ3) is 4.25. The van der Waals surface area contributed by atoms with Gasteiger partial charge in [-0.1, -0.05) is 11.6 Å². The van der Waals surface area contributed by atoms with Crippen LogP contribution in [0.15, 0.2) is 54.6 Å². The lowest BCUT2D eigenvalue weighted by molar-refractivity contribution is 0.462. The van der Waals surface area contributed by atoms with Crippen LogP contribution in [0.1, 0.15) is 22.3 Å². The molecule has 0 unspecified atom stereocenters. The van der Waals surface area contributed by atoms with Gasteiger partial charge in [0.2, 0.25) is 11.8 Å². The average molecular weight is 426 g/mol. The van der Waals surface area contributed by atoms with Gasteiger partial charge in [0.15, 0.2) is 0 Å². The fourth-order valence-electron chi connectivity index (χ4n) is 3.24. The van der Waals surface area contributed by atoms with Crippen molar-refractivity contribution in [1.82, 2.24) is 9.97 Å². The van der Waals surface area contributed by atoms with Crippen molar-refractivity contribution < 1.29 is 4.74 Å². The number of halogens is 1. The quantitative estimate of drug-likeness (QED) is 0.419. The van der Waals surface area contributed by atoms with Crippen LogP contribution in [0, 0.1) is 36.5 Å². The standard InChI is InChI=1S/C24H16ClN5O/c1-14-9-17(13-27)10-15(2)22(14)31-23-20-11-18(25)5-8-21(20)29-24(30-23)28-19-6-3-16(12-26)4-7-19/h3-11H,1-2H3,(H,28,29,30). The molecule has 0 atom stereocenters. The van der Waals surface area contributed by atoms with Gasteiger partial charge >= 0.3 is 0 Å². The van der Waals surface area contributed by atoms with Crippen molar-refractivity contribution in [3.8, 4) is 23.8 Å². The molecule has 4 aromatic rings. The van der Waals surface area contributed by atoms with Gasteiger partial charge in [-0.05, 0) is 79.6 Å². The first-order chi connectivity index (χ1) is 15.0. The molecular formula is C24H16ClN5O. The second-order valence-corrected chi connectivity index (χ2v) is 7.42. The lowest BCUT2D eigenvalue weighted by atomic mass is 10.1. The lowest BCUT2D eigenvalue weighted by Crippen LogP contribution is -2.01. The van der Waals surface area contributed by atoms with Crippen LogP contribution in [-0.2, 0) is 0 Å². The minimum absolute atomic E-state index is 0.346. The van der Waals surface area contributed by atoms with Crippen LogP contribution >= 0.6 is 11.6 Å². The molecule has 3 aromatic carbocycles. The maximum absolute atomic E-state index is 9.20. The van der Waals surface area contributed by atoms with Crippen LogP contribution in [0.4, 0.5) is 11.6 Å². The van der Waals surface area contributed by atoms with Crippen LogP contribution in [0.5, 0.6) is 11.6 Å². The van der Waals surface area contributed by atoms with E-state index in [1.807, 2.05) is 13.8 Å². The summed E-state index contributed by atoms with van der Waals surface area (Å²) in [6.45, 7) is 3.77. The van der Waals surface area contributed by atoms with Crippen LogP contribution in [0.25, 0.3) is 10.9 Å². The van der Waals surface area contributed by atoms with Crippen molar-refractivity contribution in [2.45, 2.75) is 13.8 Å². The van der Waals surface area contributed by atoms with Crippen LogP contribution < -0.4 is 10.1 Å². The van der Waals surface area contributed by atoms with E-state index in [4.69, 9.17) is 21.6 Å². The first-order valence-corrected chi connectivity index (χ1v) is 9.78. The Hall–Kier alpha value is -4.13. The van der Waals surface area contributed by atoms with E-state index < -0.39 is 0 Å². The van der Waals surface area contributed by atoms with Gasteiger partial charge < -0.3 is 10.1 Å². The smallest absolute Gasteiger partial charge is 0.232 e. The van der Waals surface area contributed by atoms with Crippen molar-refractivity contribution in [2.75, 3.05) is 5.32 Å². The molecule has 0 saturated heterocycles. The van der Waals surface area contributed by atoms with Gasteiger partial charge in [-0.3, -0.25) is 0 Å². The monoisotopic (exact) mass is 425 g/mol. The minimum atomic E-state index is 0.346. The molecule has 6 nitrogen and oxygen atoms in total. The Bertz CT molecular complexity index is 1360. The number of aromatic nitrogens is 2. The number of anilines is 2. The van der Waals surface area contributed by atoms with Crippen molar-refractivity contribution in [3.63, 3.8) is 0 Å². The van der Waals surface area contributed by atoms with Gasteiger partial charge in [0.25, 0.3) is 0 Å². The molecule has 150 valence electrons. The number of aryl methyl sites for hydroxylation is 2. The summed E-state index contributed by atoms with van der Waals surface area (Å²) >= 11 is 6.20. The first-order valence-electron chi connectivity index (χ1n) is 9.40. The number of fused-ring (bicyclic) bond motifs is 1. The average Bonchev–Trinajstić information content (AvgIpc) is 2.77. The third-order valence-electron chi connectivity index (χ3n) is 4.68. The molecular weight excluding hydrogens is 410 g/mol. The topological polar surface area (TPSA) is 94.6 Å². The normalized spacial score (nSPS) is 10.4. The Labute approximate surface area is 184 Å². The second kappa shape index (κ2) is 8.31. The number of benzene rings is 3. The van der Waals surface area contributed by atoms with Gasteiger partial charge in [-0.2, -0.15) is 15.5 Å². The van der Waals surface area contributed by atoms with Gasteiger partial charge in [-0.15, -0.1) is 0 Å². The molecule has 0 amide bonds. The Morgan fingerprint density at radius 2 is 1.55 bits per heavy atom. The van der Waals surface area contributed by atoms with E-state index in [1.165, 1.54) is 0 Å². The van der Waals surface area contributed by atoms with E-state index in [0.29, 0.717) is 44.6 Å². The molecule has 0 radical (unpaired) electrons. The molecule has 1 heterocycles. The zero-order valence-corrected chi connectivity index (χ0v) is 17.5. The van der Waals surface area contributed by atoms with E-state index in [9.17, 15) is 5.26 Å². The van der Waals surface area contributed by atoms with Crippen molar-refractivity contribution in [1.29, 1.82) is 10.5 Å². The van der Waals surface area contributed by atoms with Crippen LogP contribution in [0.3, 0.4) is 0 Å². The summed E-state index contributed by atoms with van der Waals surface area (Å²) in [5.74, 6) is 1.32. The SMILES string of the molecule is Cc1cc(C#N)cc(C)c1Oc1nc(Nc2ccc(C#N)cc2)nc2ccc(Cl)cc12. The van der Waals surface area contributed by atoms with E-state index in [0.717, 1.165) is 16.8 Å². The second-order valence-electron chi connectivity index (χ2n) is 6.98. The highest BCUT2D eigenvalue weighted by Gasteiger charge is 2.14. The minimum Gasteiger partial charge on any atom is -0.438 e. The fourth-order valence-corrected chi connectivity index (χ4v) is 3.41. The predicted molar refractivity (Wildman–Crippen MR) is 120 cm³/mol. The van der Waals surface area contributed by atoms with Gasteiger partial charge in [0, 0.05) is 10.7 Å². The highest BCUT2D eigenvalue weighted by atomic mass is 35.5. The summed E-state index contributed by atoms with van der Waals surface area (Å²) in [4.78, 5) is 9.13.